The van der Waals surface area contributed by atoms with E-state index in [4.69, 9.17) is 6.57 Å². The first kappa shape index (κ1) is 17.4. The minimum absolute atomic E-state index is 0.276. The second-order valence-corrected chi connectivity index (χ2v) is 5.32. The summed E-state index contributed by atoms with van der Waals surface area (Å²) >= 11 is 0. The Morgan fingerprint density at radius 1 is 0.833 bits per heavy atom. The Balaban J connectivity index is 3.01. The summed E-state index contributed by atoms with van der Waals surface area (Å²) in [5, 5.41) is 9.38. The van der Waals surface area contributed by atoms with Crippen molar-refractivity contribution in [3.63, 3.8) is 0 Å². The lowest BCUT2D eigenvalue weighted by Gasteiger charge is -2.04. The Morgan fingerprint density at radius 3 is 1.72 bits per heavy atom. The fourth-order valence-corrected chi connectivity index (χ4v) is 2.24. The molecule has 18 heavy (non-hydrogen) atoms. The number of hydrogen-bond donors (Lipinski definition) is 1. The zero-order valence-electron chi connectivity index (χ0n) is 12.2. The van der Waals surface area contributed by atoms with E-state index in [1.54, 1.807) is 0 Å². The van der Waals surface area contributed by atoms with Gasteiger partial charge in [-0.3, -0.25) is 0 Å². The second kappa shape index (κ2) is 14.5. The van der Waals surface area contributed by atoms with E-state index in [0.29, 0.717) is 0 Å². The smallest absolute Gasteiger partial charge is 0.240 e. The van der Waals surface area contributed by atoms with E-state index in [0.717, 1.165) is 12.8 Å². The van der Waals surface area contributed by atoms with Crippen LogP contribution < -0.4 is 0 Å². The minimum atomic E-state index is -0.388. The maximum Gasteiger partial charge on any atom is 0.240 e. The highest BCUT2D eigenvalue weighted by Crippen LogP contribution is 2.12. The zero-order chi connectivity index (χ0) is 13.5. The van der Waals surface area contributed by atoms with Gasteiger partial charge in [0.05, 0.1) is 0 Å². The molecule has 0 aliphatic heterocycles. The molecule has 106 valence electrons. The van der Waals surface area contributed by atoms with E-state index >= 15 is 0 Å². The van der Waals surface area contributed by atoms with Crippen LogP contribution >= 0.6 is 0 Å². The Morgan fingerprint density at radius 2 is 1.28 bits per heavy atom. The van der Waals surface area contributed by atoms with Gasteiger partial charge < -0.3 is 9.95 Å². The minimum Gasteiger partial charge on any atom is -0.385 e. The lowest BCUT2D eigenvalue weighted by atomic mass is 10.0. The molecule has 1 unspecified atom stereocenters. The van der Waals surface area contributed by atoms with Crippen LogP contribution in [0.4, 0.5) is 0 Å². The van der Waals surface area contributed by atoms with E-state index in [-0.39, 0.29) is 12.6 Å². The first-order valence-corrected chi connectivity index (χ1v) is 7.82. The van der Waals surface area contributed by atoms with Gasteiger partial charge in [0.25, 0.3) is 0 Å². The molecule has 0 bridgehead atoms. The molecule has 0 rings (SSSR count). The van der Waals surface area contributed by atoms with Crippen LogP contribution in [-0.4, -0.2) is 17.8 Å². The molecule has 0 aromatic rings. The molecule has 0 amide bonds. The predicted molar refractivity (Wildman–Crippen MR) is 78.6 cm³/mol. The second-order valence-electron chi connectivity index (χ2n) is 5.32. The number of hydrogen-bond acceptors (Lipinski definition) is 1. The third-order valence-electron chi connectivity index (χ3n) is 3.44. The molecule has 1 N–H and O–H groups in total. The third kappa shape index (κ3) is 13.5. The monoisotopic (exact) mass is 253 g/mol. The Hall–Kier alpha value is -0.550. The molecule has 0 radical (unpaired) electrons. The van der Waals surface area contributed by atoms with Crippen LogP contribution in [0.15, 0.2) is 0 Å². The van der Waals surface area contributed by atoms with Gasteiger partial charge in [0.1, 0.15) is 6.10 Å². The molecule has 0 aliphatic rings. The predicted octanol–water partition coefficient (Wildman–Crippen LogP) is 4.97. The molecule has 0 saturated carbocycles. The maximum atomic E-state index is 9.38. The number of aliphatic hydroxyl groups is 1. The molecule has 0 heterocycles. The Kier molecular flexibility index (Phi) is 14.1. The molecule has 0 saturated heterocycles. The molecule has 2 nitrogen and oxygen atoms in total. The summed E-state index contributed by atoms with van der Waals surface area (Å²) < 4.78 is 0. The van der Waals surface area contributed by atoms with Gasteiger partial charge in [0.2, 0.25) is 6.54 Å². The fraction of sp³-hybridized carbons (Fsp3) is 0.938. The van der Waals surface area contributed by atoms with E-state index in [2.05, 4.69) is 11.8 Å². The van der Waals surface area contributed by atoms with Crippen molar-refractivity contribution < 1.29 is 5.11 Å². The van der Waals surface area contributed by atoms with Crippen molar-refractivity contribution in [2.75, 3.05) is 6.54 Å². The first-order valence-electron chi connectivity index (χ1n) is 7.82. The summed E-state index contributed by atoms with van der Waals surface area (Å²) in [4.78, 5) is 3.21. The molecular formula is C16H31NO. The van der Waals surface area contributed by atoms with Crippen molar-refractivity contribution >= 4 is 0 Å². The average molecular weight is 253 g/mol. The molecule has 0 aromatic heterocycles. The van der Waals surface area contributed by atoms with Gasteiger partial charge in [-0.2, -0.15) is 0 Å². The summed E-state index contributed by atoms with van der Waals surface area (Å²) in [5.74, 6) is 0. The standard InChI is InChI=1S/C16H31NO/c1-3-4-5-6-7-8-9-10-11-12-13-14-16(18)15-17-2/h16,18H,3-15H2,1H3. The van der Waals surface area contributed by atoms with E-state index in [1.165, 1.54) is 64.2 Å². The van der Waals surface area contributed by atoms with Crippen LogP contribution in [0.5, 0.6) is 0 Å². The molecule has 0 spiro atoms. The van der Waals surface area contributed by atoms with Gasteiger partial charge in [0.15, 0.2) is 0 Å². The number of rotatable bonds is 13. The van der Waals surface area contributed by atoms with Crippen LogP contribution in [0, 0.1) is 6.57 Å². The normalized spacial score (nSPS) is 12.3. The molecule has 0 aromatic carbocycles. The lowest BCUT2D eigenvalue weighted by molar-refractivity contribution is 0.176. The fourth-order valence-electron chi connectivity index (χ4n) is 2.24. The molecule has 0 aliphatic carbocycles. The quantitative estimate of drug-likeness (QED) is 0.364. The zero-order valence-corrected chi connectivity index (χ0v) is 12.2. The van der Waals surface area contributed by atoms with Crippen molar-refractivity contribution in [3.8, 4) is 0 Å². The lowest BCUT2D eigenvalue weighted by Crippen LogP contribution is -2.08. The molecule has 1 atom stereocenters. The maximum absolute atomic E-state index is 9.38. The third-order valence-corrected chi connectivity index (χ3v) is 3.44. The highest BCUT2D eigenvalue weighted by molar-refractivity contribution is 4.67. The van der Waals surface area contributed by atoms with Crippen LogP contribution in [0.3, 0.4) is 0 Å². The van der Waals surface area contributed by atoms with E-state index in [1.807, 2.05) is 0 Å². The van der Waals surface area contributed by atoms with Gasteiger partial charge in [0, 0.05) is 0 Å². The van der Waals surface area contributed by atoms with Gasteiger partial charge >= 0.3 is 0 Å². The summed E-state index contributed by atoms with van der Waals surface area (Å²) in [5.41, 5.74) is 0. The summed E-state index contributed by atoms with van der Waals surface area (Å²) in [6.45, 7) is 9.19. The largest absolute Gasteiger partial charge is 0.385 e. The Bertz CT molecular complexity index is 198. The number of unbranched alkanes of at least 4 members (excludes halogenated alkanes) is 10. The summed E-state index contributed by atoms with van der Waals surface area (Å²) in [7, 11) is 0. The van der Waals surface area contributed by atoms with Gasteiger partial charge in [-0.05, 0) is 6.42 Å². The average Bonchev–Trinajstić information content (AvgIpc) is 2.36. The van der Waals surface area contributed by atoms with Crippen LogP contribution in [0.2, 0.25) is 0 Å². The van der Waals surface area contributed by atoms with Gasteiger partial charge in [-0.15, -0.1) is 0 Å². The van der Waals surface area contributed by atoms with Gasteiger partial charge in [-0.1, -0.05) is 77.6 Å². The van der Waals surface area contributed by atoms with E-state index in [9.17, 15) is 5.11 Å². The highest BCUT2D eigenvalue weighted by Gasteiger charge is 2.05. The van der Waals surface area contributed by atoms with Crippen molar-refractivity contribution in [3.05, 3.63) is 11.4 Å². The van der Waals surface area contributed by atoms with Crippen LogP contribution in [0.25, 0.3) is 4.85 Å². The van der Waals surface area contributed by atoms with Crippen LogP contribution in [0.1, 0.15) is 84.0 Å². The van der Waals surface area contributed by atoms with E-state index < -0.39 is 0 Å². The van der Waals surface area contributed by atoms with Crippen molar-refractivity contribution in [1.29, 1.82) is 0 Å². The number of aliphatic hydroxyl groups excluding tert-OH is 1. The highest BCUT2D eigenvalue weighted by atomic mass is 16.3. The van der Waals surface area contributed by atoms with Crippen LogP contribution in [-0.2, 0) is 0 Å². The molecule has 0 fully saturated rings. The topological polar surface area (TPSA) is 24.6 Å². The summed E-state index contributed by atoms with van der Waals surface area (Å²) in [6, 6.07) is 0. The first-order chi connectivity index (χ1) is 8.81. The van der Waals surface area contributed by atoms with Crippen molar-refractivity contribution in [1.82, 2.24) is 0 Å². The van der Waals surface area contributed by atoms with Crippen molar-refractivity contribution in [2.45, 2.75) is 90.1 Å². The molecule has 2 heteroatoms. The molecular weight excluding hydrogens is 222 g/mol. The summed E-state index contributed by atoms with van der Waals surface area (Å²) in [6.07, 6.45) is 15.1. The van der Waals surface area contributed by atoms with Gasteiger partial charge in [-0.25, -0.2) is 6.57 Å². The SMILES string of the molecule is [C-]#[N+]CC(O)CCCCCCCCCCCCC. The number of nitrogens with zero attached hydrogens (tertiary/aromatic N) is 1. The van der Waals surface area contributed by atoms with Crippen molar-refractivity contribution in [2.24, 2.45) is 0 Å². The Labute approximate surface area is 114 Å².